The lowest BCUT2D eigenvalue weighted by Crippen LogP contribution is -2.12. The van der Waals surface area contributed by atoms with Gasteiger partial charge in [-0.25, -0.2) is 9.37 Å². The van der Waals surface area contributed by atoms with E-state index in [9.17, 15) is 18.0 Å². The van der Waals surface area contributed by atoms with Crippen molar-refractivity contribution in [1.29, 1.82) is 0 Å². The molecule has 5 nitrogen and oxygen atoms in total. The highest BCUT2D eigenvalue weighted by Crippen LogP contribution is 2.24. The van der Waals surface area contributed by atoms with E-state index in [0.717, 1.165) is 0 Å². The Hall–Kier alpha value is -3.07. The maximum atomic E-state index is 13.1. The zero-order valence-electron chi connectivity index (χ0n) is 13.1. The van der Waals surface area contributed by atoms with Crippen LogP contribution in [0.2, 0.25) is 0 Å². The number of anilines is 3. The van der Waals surface area contributed by atoms with E-state index in [4.69, 9.17) is 0 Å². The molecule has 9 heteroatoms. The molecule has 3 rings (SSSR count). The number of nitrogens with one attached hydrogen (secondary N) is 2. The first-order valence-electron chi connectivity index (χ1n) is 7.34. The number of carbonyl (C=O) groups excluding carboxylic acids is 1. The Balaban J connectivity index is 1.63. The summed E-state index contributed by atoms with van der Waals surface area (Å²) in [4.78, 5) is 16.3. The summed E-state index contributed by atoms with van der Waals surface area (Å²) in [6.45, 7) is -2.88. The Morgan fingerprint density at radius 1 is 1.12 bits per heavy atom. The summed E-state index contributed by atoms with van der Waals surface area (Å²) in [7, 11) is 0. The molecule has 2 N–H and O–H groups in total. The van der Waals surface area contributed by atoms with E-state index in [1.807, 2.05) is 0 Å². The van der Waals surface area contributed by atoms with Crippen molar-refractivity contribution in [1.82, 2.24) is 4.98 Å². The standard InChI is InChI=1S/C17H12F3N3O2S/c18-10-2-1-3-12(8-10)21-15(24)14-9-26-17(23-14)22-11-4-6-13(7-5-11)25-16(19)20/h1-9,16H,(H,21,24)(H,22,23). The fraction of sp³-hybridized carbons (Fsp3) is 0.0588. The molecule has 0 aliphatic heterocycles. The number of halogens is 3. The van der Waals surface area contributed by atoms with Crippen LogP contribution >= 0.6 is 11.3 Å². The minimum atomic E-state index is -2.88. The normalized spacial score (nSPS) is 10.6. The van der Waals surface area contributed by atoms with Crippen molar-refractivity contribution in [3.63, 3.8) is 0 Å². The van der Waals surface area contributed by atoms with E-state index in [2.05, 4.69) is 20.4 Å². The smallest absolute Gasteiger partial charge is 0.387 e. The van der Waals surface area contributed by atoms with Crippen LogP contribution in [0.3, 0.4) is 0 Å². The number of aromatic nitrogens is 1. The molecule has 3 aromatic rings. The van der Waals surface area contributed by atoms with Gasteiger partial charge in [-0.05, 0) is 42.5 Å². The Kier molecular flexibility index (Phi) is 5.37. The number of alkyl halides is 2. The lowest BCUT2D eigenvalue weighted by Gasteiger charge is -2.06. The zero-order valence-corrected chi connectivity index (χ0v) is 13.9. The molecule has 0 atom stereocenters. The van der Waals surface area contributed by atoms with Crippen molar-refractivity contribution < 1.29 is 22.7 Å². The predicted molar refractivity (Wildman–Crippen MR) is 92.8 cm³/mol. The second kappa shape index (κ2) is 7.87. The third-order valence-electron chi connectivity index (χ3n) is 3.15. The van der Waals surface area contributed by atoms with E-state index in [-0.39, 0.29) is 11.4 Å². The summed E-state index contributed by atoms with van der Waals surface area (Å²) in [5, 5.41) is 7.50. The second-order valence-corrected chi connectivity index (χ2v) is 5.89. The highest BCUT2D eigenvalue weighted by atomic mass is 32.1. The topological polar surface area (TPSA) is 63.2 Å². The Labute approximate surface area is 150 Å². The first-order chi connectivity index (χ1) is 12.5. The largest absolute Gasteiger partial charge is 0.435 e. The van der Waals surface area contributed by atoms with Crippen molar-refractivity contribution in [2.45, 2.75) is 6.61 Å². The Morgan fingerprint density at radius 3 is 2.58 bits per heavy atom. The van der Waals surface area contributed by atoms with Crippen molar-refractivity contribution in [3.8, 4) is 5.75 Å². The monoisotopic (exact) mass is 379 g/mol. The van der Waals surface area contributed by atoms with Crippen LogP contribution < -0.4 is 15.4 Å². The van der Waals surface area contributed by atoms with Crippen LogP contribution in [-0.2, 0) is 0 Å². The second-order valence-electron chi connectivity index (χ2n) is 5.03. The fourth-order valence-electron chi connectivity index (χ4n) is 2.04. The molecule has 0 unspecified atom stereocenters. The molecule has 1 heterocycles. The number of nitrogens with zero attached hydrogens (tertiary/aromatic N) is 1. The average molecular weight is 379 g/mol. The van der Waals surface area contributed by atoms with Crippen molar-refractivity contribution in [3.05, 3.63) is 65.4 Å². The van der Waals surface area contributed by atoms with Crippen molar-refractivity contribution in [2.75, 3.05) is 10.6 Å². The molecule has 134 valence electrons. The lowest BCUT2D eigenvalue weighted by atomic mass is 10.3. The number of hydrogen-bond acceptors (Lipinski definition) is 5. The van der Waals surface area contributed by atoms with Gasteiger partial charge in [-0.3, -0.25) is 4.79 Å². The molecular formula is C17H12F3N3O2S. The number of thiazole rings is 1. The summed E-state index contributed by atoms with van der Waals surface area (Å²) in [5.41, 5.74) is 1.09. The minimum absolute atomic E-state index is 0.0415. The molecule has 0 saturated heterocycles. The number of rotatable bonds is 6. The third-order valence-corrected chi connectivity index (χ3v) is 3.91. The first kappa shape index (κ1) is 17.7. The lowest BCUT2D eigenvalue weighted by molar-refractivity contribution is -0.0498. The van der Waals surface area contributed by atoms with Crippen LogP contribution in [0.5, 0.6) is 5.75 Å². The third kappa shape index (κ3) is 4.73. The van der Waals surface area contributed by atoms with Gasteiger partial charge in [0.15, 0.2) is 5.13 Å². The van der Waals surface area contributed by atoms with Gasteiger partial charge >= 0.3 is 6.61 Å². The Bertz CT molecular complexity index is 900. The number of hydrogen-bond donors (Lipinski definition) is 2. The SMILES string of the molecule is O=C(Nc1cccc(F)c1)c1csc(Nc2ccc(OC(F)F)cc2)n1. The van der Waals surface area contributed by atoms with E-state index in [1.165, 1.54) is 41.7 Å². The van der Waals surface area contributed by atoms with Crippen LogP contribution in [0.4, 0.5) is 29.7 Å². The van der Waals surface area contributed by atoms with E-state index in [0.29, 0.717) is 16.5 Å². The van der Waals surface area contributed by atoms with Crippen LogP contribution in [0.25, 0.3) is 0 Å². The highest BCUT2D eigenvalue weighted by Gasteiger charge is 2.12. The van der Waals surface area contributed by atoms with Gasteiger partial charge in [0.1, 0.15) is 17.3 Å². The van der Waals surface area contributed by atoms with Gasteiger partial charge in [0.05, 0.1) is 0 Å². The summed E-state index contributed by atoms with van der Waals surface area (Å²) in [5.74, 6) is -0.886. The van der Waals surface area contributed by atoms with Crippen molar-refractivity contribution in [2.24, 2.45) is 0 Å². The molecule has 0 fully saturated rings. The summed E-state index contributed by atoms with van der Waals surface area (Å²) in [6.07, 6.45) is 0. The highest BCUT2D eigenvalue weighted by molar-refractivity contribution is 7.14. The maximum absolute atomic E-state index is 13.1. The van der Waals surface area contributed by atoms with Crippen LogP contribution in [0.15, 0.2) is 53.9 Å². The number of amides is 1. The van der Waals surface area contributed by atoms with Gasteiger partial charge in [0.2, 0.25) is 0 Å². The molecule has 0 spiro atoms. The molecule has 26 heavy (non-hydrogen) atoms. The van der Waals surface area contributed by atoms with E-state index >= 15 is 0 Å². The molecule has 2 aromatic carbocycles. The zero-order chi connectivity index (χ0) is 18.5. The number of ether oxygens (including phenoxy) is 1. The van der Waals surface area contributed by atoms with Crippen molar-refractivity contribution >= 4 is 33.8 Å². The van der Waals surface area contributed by atoms with Crippen LogP contribution in [0, 0.1) is 5.82 Å². The molecule has 0 bridgehead atoms. The molecule has 0 saturated carbocycles. The van der Waals surface area contributed by atoms with Gasteiger partial charge < -0.3 is 15.4 Å². The maximum Gasteiger partial charge on any atom is 0.387 e. The number of benzene rings is 2. The van der Waals surface area contributed by atoms with Crippen LogP contribution in [-0.4, -0.2) is 17.5 Å². The molecule has 1 amide bonds. The minimum Gasteiger partial charge on any atom is -0.435 e. The average Bonchev–Trinajstić information content (AvgIpc) is 3.05. The molecule has 0 radical (unpaired) electrons. The fourth-order valence-corrected chi connectivity index (χ4v) is 2.75. The first-order valence-corrected chi connectivity index (χ1v) is 8.22. The van der Waals surface area contributed by atoms with Crippen LogP contribution in [0.1, 0.15) is 10.5 Å². The van der Waals surface area contributed by atoms with E-state index in [1.54, 1.807) is 23.6 Å². The Morgan fingerprint density at radius 2 is 1.88 bits per heavy atom. The van der Waals surface area contributed by atoms with Gasteiger partial charge in [-0.2, -0.15) is 8.78 Å². The van der Waals surface area contributed by atoms with Gasteiger partial charge in [-0.1, -0.05) is 6.07 Å². The summed E-state index contributed by atoms with van der Waals surface area (Å²) in [6, 6.07) is 11.4. The molecule has 0 aliphatic carbocycles. The molecular weight excluding hydrogens is 367 g/mol. The molecule has 0 aliphatic rings. The van der Waals surface area contributed by atoms with Gasteiger partial charge in [0.25, 0.3) is 5.91 Å². The summed E-state index contributed by atoms with van der Waals surface area (Å²) < 4.78 is 41.6. The van der Waals surface area contributed by atoms with Gasteiger partial charge in [-0.15, -0.1) is 11.3 Å². The van der Waals surface area contributed by atoms with E-state index < -0.39 is 18.3 Å². The molecule has 1 aromatic heterocycles. The summed E-state index contributed by atoms with van der Waals surface area (Å²) >= 11 is 1.19. The predicted octanol–water partition coefficient (Wildman–Crippen LogP) is 4.88. The van der Waals surface area contributed by atoms with Gasteiger partial charge in [0, 0.05) is 16.8 Å². The number of carbonyl (C=O) groups is 1. The quantitative estimate of drug-likeness (QED) is 0.641.